The molecular weight excluding hydrogens is 534 g/mol. The molecule has 0 aromatic heterocycles. The van der Waals surface area contributed by atoms with Crippen LogP contribution in [0.15, 0.2) is 0 Å². The molecule has 1 saturated heterocycles. The highest BCUT2D eigenvalue weighted by atomic mass is 33.1. The molecule has 0 aromatic carbocycles. The fourth-order valence-corrected chi connectivity index (χ4v) is 5.78. The molecule has 0 aromatic rings. The SMILES string of the molecule is COC(=O)[C@@H](NC(=O)[C@H](CSS[C@@H]1O[C@H](CO)[C@@H](O)[C@H](O)[C@H]1NC(C)=O)NC(=O)OC(C)(C)C)[C@@H](C)O. The van der Waals surface area contributed by atoms with Crippen molar-refractivity contribution >= 4 is 45.5 Å². The molecule has 0 aliphatic carbocycles. The van der Waals surface area contributed by atoms with Gasteiger partial charge in [-0.25, -0.2) is 9.59 Å². The van der Waals surface area contributed by atoms with E-state index in [9.17, 15) is 39.6 Å². The smallest absolute Gasteiger partial charge is 0.408 e. The van der Waals surface area contributed by atoms with E-state index in [1.54, 1.807) is 20.8 Å². The van der Waals surface area contributed by atoms with Crippen LogP contribution in [0.2, 0.25) is 0 Å². The highest BCUT2D eigenvalue weighted by molar-refractivity contribution is 8.76. The standard InChI is InChI=1S/C21H37N3O11S2/c1-9(26)13(18(31)33-6)24-17(30)11(23-20(32)35-21(3,4)5)8-36-37-19-14(22-10(2)27)16(29)15(28)12(7-25)34-19/h9,11-16,19,25-26,28-29H,7-8H2,1-6H3,(H,22,27)(H,23,32)(H,24,30)/t9-,11+,12-,13+,14-,15-,16-,19+/m1/s1. The molecular formula is C21H37N3O11S2. The summed E-state index contributed by atoms with van der Waals surface area (Å²) in [5, 5.41) is 47.1. The molecule has 14 nitrogen and oxygen atoms in total. The average Bonchev–Trinajstić information content (AvgIpc) is 2.78. The monoisotopic (exact) mass is 571 g/mol. The van der Waals surface area contributed by atoms with Crippen molar-refractivity contribution in [2.75, 3.05) is 19.5 Å². The van der Waals surface area contributed by atoms with E-state index >= 15 is 0 Å². The van der Waals surface area contributed by atoms with E-state index in [-0.39, 0.29) is 5.75 Å². The van der Waals surface area contributed by atoms with Crippen molar-refractivity contribution in [1.29, 1.82) is 0 Å². The van der Waals surface area contributed by atoms with Crippen LogP contribution in [0, 0.1) is 0 Å². The lowest BCUT2D eigenvalue weighted by atomic mass is 9.98. The first-order valence-electron chi connectivity index (χ1n) is 11.3. The maximum Gasteiger partial charge on any atom is 0.408 e. The molecule has 8 atom stereocenters. The zero-order valence-electron chi connectivity index (χ0n) is 21.5. The number of hydrogen-bond acceptors (Lipinski definition) is 13. The number of rotatable bonds is 11. The van der Waals surface area contributed by atoms with Gasteiger partial charge in [-0.05, 0) is 27.7 Å². The number of alkyl carbamates (subject to hydrolysis) is 1. The van der Waals surface area contributed by atoms with Gasteiger partial charge < -0.3 is 50.6 Å². The van der Waals surface area contributed by atoms with Crippen LogP contribution >= 0.6 is 21.6 Å². The van der Waals surface area contributed by atoms with E-state index in [0.29, 0.717) is 0 Å². The maximum absolute atomic E-state index is 12.9. The second kappa shape index (κ2) is 14.9. The van der Waals surface area contributed by atoms with Gasteiger partial charge in [0.1, 0.15) is 35.4 Å². The summed E-state index contributed by atoms with van der Waals surface area (Å²) in [5.41, 5.74) is -1.81. The first-order valence-corrected chi connectivity index (χ1v) is 13.7. The number of ether oxygens (including phenoxy) is 3. The number of hydrogen-bond donors (Lipinski definition) is 7. The third kappa shape index (κ3) is 10.8. The van der Waals surface area contributed by atoms with Crippen LogP contribution in [0.3, 0.4) is 0 Å². The molecule has 1 aliphatic rings. The number of methoxy groups -OCH3 is 1. The summed E-state index contributed by atoms with van der Waals surface area (Å²) in [6, 6.07) is -3.70. The molecule has 0 spiro atoms. The Bertz CT molecular complexity index is 796. The zero-order valence-corrected chi connectivity index (χ0v) is 23.1. The van der Waals surface area contributed by atoms with Crippen LogP contribution < -0.4 is 16.0 Å². The average molecular weight is 572 g/mol. The van der Waals surface area contributed by atoms with Crippen molar-refractivity contribution in [1.82, 2.24) is 16.0 Å². The van der Waals surface area contributed by atoms with Gasteiger partial charge in [-0.3, -0.25) is 9.59 Å². The summed E-state index contributed by atoms with van der Waals surface area (Å²) in [6.07, 6.45) is -6.22. The molecule has 16 heteroatoms. The van der Waals surface area contributed by atoms with Crippen molar-refractivity contribution < 1.29 is 53.8 Å². The molecule has 3 amide bonds. The van der Waals surface area contributed by atoms with E-state index in [4.69, 9.17) is 9.47 Å². The number of aliphatic hydroxyl groups excluding tert-OH is 4. The van der Waals surface area contributed by atoms with Crippen LogP contribution in [0.5, 0.6) is 0 Å². The molecule has 0 saturated carbocycles. The molecule has 1 aliphatic heterocycles. The lowest BCUT2D eigenvalue weighted by molar-refractivity contribution is -0.173. The normalized spacial score (nSPS) is 26.3. The number of amides is 3. The second-order valence-electron chi connectivity index (χ2n) is 9.26. The highest BCUT2D eigenvalue weighted by Crippen LogP contribution is 2.36. The quantitative estimate of drug-likeness (QED) is 0.108. The van der Waals surface area contributed by atoms with E-state index < -0.39 is 84.1 Å². The maximum atomic E-state index is 12.9. The van der Waals surface area contributed by atoms with Crippen molar-refractivity contribution in [2.24, 2.45) is 0 Å². The van der Waals surface area contributed by atoms with Crippen molar-refractivity contribution in [3.05, 3.63) is 0 Å². The van der Waals surface area contributed by atoms with E-state index in [0.717, 1.165) is 28.7 Å². The van der Waals surface area contributed by atoms with Crippen LogP contribution in [-0.4, -0.2) is 117 Å². The summed E-state index contributed by atoms with van der Waals surface area (Å²) < 4.78 is 15.4. The lowest BCUT2D eigenvalue weighted by Gasteiger charge is -2.42. The van der Waals surface area contributed by atoms with Crippen molar-refractivity contribution in [3.8, 4) is 0 Å². The largest absolute Gasteiger partial charge is 0.467 e. The molecule has 1 heterocycles. The van der Waals surface area contributed by atoms with Crippen LogP contribution in [0.1, 0.15) is 34.6 Å². The number of carbonyl (C=O) groups is 4. The minimum atomic E-state index is -1.45. The molecule has 0 bridgehead atoms. The molecule has 0 radical (unpaired) electrons. The van der Waals surface area contributed by atoms with Crippen LogP contribution in [-0.2, 0) is 28.6 Å². The summed E-state index contributed by atoms with van der Waals surface area (Å²) >= 11 is 0. The fourth-order valence-electron chi connectivity index (χ4n) is 3.12. The Morgan fingerprint density at radius 2 is 1.73 bits per heavy atom. The van der Waals surface area contributed by atoms with Crippen LogP contribution in [0.4, 0.5) is 4.79 Å². The number of aliphatic hydroxyl groups is 4. The van der Waals surface area contributed by atoms with E-state index in [1.165, 1.54) is 13.8 Å². The van der Waals surface area contributed by atoms with Gasteiger partial charge in [-0.1, -0.05) is 21.6 Å². The van der Waals surface area contributed by atoms with E-state index in [1.807, 2.05) is 0 Å². The summed E-state index contributed by atoms with van der Waals surface area (Å²) in [4.78, 5) is 48.9. The fraction of sp³-hybridized carbons (Fsp3) is 0.810. The Labute approximate surface area is 222 Å². The van der Waals surface area contributed by atoms with Crippen LogP contribution in [0.25, 0.3) is 0 Å². The molecule has 1 rings (SSSR count). The van der Waals surface area contributed by atoms with Gasteiger partial charge in [0.05, 0.1) is 25.9 Å². The highest BCUT2D eigenvalue weighted by Gasteiger charge is 2.45. The Morgan fingerprint density at radius 1 is 1.11 bits per heavy atom. The van der Waals surface area contributed by atoms with Gasteiger partial charge in [0.25, 0.3) is 0 Å². The zero-order chi connectivity index (χ0) is 28.5. The number of esters is 1. The predicted molar refractivity (Wildman–Crippen MR) is 134 cm³/mol. The molecule has 7 N–H and O–H groups in total. The minimum Gasteiger partial charge on any atom is -0.467 e. The summed E-state index contributed by atoms with van der Waals surface area (Å²) in [7, 11) is 3.08. The molecule has 214 valence electrons. The Hall–Kier alpha value is -1.82. The summed E-state index contributed by atoms with van der Waals surface area (Å²) in [5.74, 6) is -2.31. The van der Waals surface area contributed by atoms with Gasteiger partial charge in [-0.2, -0.15) is 0 Å². The number of nitrogens with one attached hydrogen (secondary N) is 3. The summed E-state index contributed by atoms with van der Waals surface area (Å²) in [6.45, 7) is 6.80. The Morgan fingerprint density at radius 3 is 2.22 bits per heavy atom. The first-order chi connectivity index (χ1) is 17.1. The Kier molecular flexibility index (Phi) is 13.4. The second-order valence-corrected chi connectivity index (χ2v) is 11.8. The molecule has 0 unspecified atom stereocenters. The third-order valence-corrected chi connectivity index (χ3v) is 7.48. The first kappa shape index (κ1) is 33.2. The van der Waals surface area contributed by atoms with Crippen molar-refractivity contribution in [3.63, 3.8) is 0 Å². The van der Waals surface area contributed by atoms with Gasteiger partial charge in [0.15, 0.2) is 6.04 Å². The third-order valence-electron chi connectivity index (χ3n) is 4.89. The van der Waals surface area contributed by atoms with Gasteiger partial charge in [0, 0.05) is 12.7 Å². The van der Waals surface area contributed by atoms with Gasteiger partial charge in [0.2, 0.25) is 11.8 Å². The molecule has 1 fully saturated rings. The van der Waals surface area contributed by atoms with Gasteiger partial charge in [-0.15, -0.1) is 0 Å². The predicted octanol–water partition coefficient (Wildman–Crippen LogP) is -1.76. The van der Waals surface area contributed by atoms with E-state index in [2.05, 4.69) is 20.7 Å². The van der Waals surface area contributed by atoms with Crippen molar-refractivity contribution in [2.45, 2.75) is 88.2 Å². The number of carbonyl (C=O) groups excluding carboxylic acids is 4. The topological polar surface area (TPSA) is 213 Å². The Balaban J connectivity index is 3.01. The van der Waals surface area contributed by atoms with Gasteiger partial charge >= 0.3 is 12.1 Å². The minimum absolute atomic E-state index is 0.113. The lowest BCUT2D eigenvalue weighted by Crippen LogP contribution is -2.63. The molecule has 37 heavy (non-hydrogen) atoms.